The summed E-state index contributed by atoms with van der Waals surface area (Å²) in [5.74, 6) is 1.14. The van der Waals surface area contributed by atoms with Crippen molar-refractivity contribution in [2.75, 3.05) is 0 Å². The number of fused-ring (bicyclic) bond motifs is 1. The molecule has 114 valence electrons. The van der Waals surface area contributed by atoms with E-state index in [-0.39, 0.29) is 0 Å². The van der Waals surface area contributed by atoms with Crippen LogP contribution >= 0.6 is 0 Å². The minimum atomic E-state index is 0.488. The molecule has 0 radical (unpaired) electrons. The van der Waals surface area contributed by atoms with Crippen LogP contribution in [0.15, 0.2) is 28.7 Å². The minimum Gasteiger partial charge on any atom is -0.461 e. The first kappa shape index (κ1) is 14.6. The average molecular weight is 285 g/mol. The monoisotopic (exact) mass is 285 g/mol. The summed E-state index contributed by atoms with van der Waals surface area (Å²) in [4.78, 5) is 0. The lowest BCUT2D eigenvalue weighted by Gasteiger charge is -2.35. The van der Waals surface area contributed by atoms with Crippen LogP contribution in [0.1, 0.15) is 57.8 Å². The molecule has 1 aromatic carbocycles. The summed E-state index contributed by atoms with van der Waals surface area (Å²) in [5.41, 5.74) is 2.87. The predicted octanol–water partition coefficient (Wildman–Crippen LogP) is 5.05. The molecule has 1 heterocycles. The normalized spacial score (nSPS) is 21.8. The second kappa shape index (κ2) is 5.84. The highest BCUT2D eigenvalue weighted by Gasteiger charge is 2.27. The van der Waals surface area contributed by atoms with Gasteiger partial charge in [-0.25, -0.2) is 0 Å². The number of furan rings is 1. The highest BCUT2D eigenvalue weighted by molar-refractivity contribution is 5.82. The van der Waals surface area contributed by atoms with Gasteiger partial charge in [-0.1, -0.05) is 45.4 Å². The molecule has 2 nitrogen and oxygen atoms in total. The maximum atomic E-state index is 5.99. The van der Waals surface area contributed by atoms with Crippen molar-refractivity contribution >= 4 is 11.0 Å². The molecule has 1 aliphatic carbocycles. The molecule has 1 fully saturated rings. The number of nitrogens with one attached hydrogen (secondary N) is 1. The molecule has 0 amide bonds. The Labute approximate surface area is 127 Å². The summed E-state index contributed by atoms with van der Waals surface area (Å²) in [6, 6.07) is 9.05. The van der Waals surface area contributed by atoms with Gasteiger partial charge in [0.05, 0.1) is 0 Å². The van der Waals surface area contributed by atoms with E-state index in [4.69, 9.17) is 4.42 Å². The van der Waals surface area contributed by atoms with Gasteiger partial charge in [-0.15, -0.1) is 0 Å². The van der Waals surface area contributed by atoms with Crippen molar-refractivity contribution in [3.63, 3.8) is 0 Å². The van der Waals surface area contributed by atoms with E-state index in [9.17, 15) is 0 Å². The van der Waals surface area contributed by atoms with Crippen LogP contribution in [0.5, 0.6) is 0 Å². The van der Waals surface area contributed by atoms with Crippen LogP contribution in [-0.4, -0.2) is 6.04 Å². The molecular weight excluding hydrogens is 258 g/mol. The third kappa shape index (κ3) is 3.16. The topological polar surface area (TPSA) is 25.2 Å². The molecule has 3 rings (SSSR count). The molecule has 1 aromatic heterocycles. The molecular formula is C19H27NO. The van der Waals surface area contributed by atoms with E-state index in [1.165, 1.54) is 36.6 Å². The van der Waals surface area contributed by atoms with Crippen molar-refractivity contribution in [1.82, 2.24) is 5.32 Å². The number of hydrogen-bond acceptors (Lipinski definition) is 2. The first-order chi connectivity index (χ1) is 10.1. The van der Waals surface area contributed by atoms with Crippen molar-refractivity contribution in [1.29, 1.82) is 0 Å². The highest BCUT2D eigenvalue weighted by atomic mass is 16.3. The van der Waals surface area contributed by atoms with Crippen LogP contribution in [0.2, 0.25) is 0 Å². The average Bonchev–Trinajstić information content (AvgIpc) is 2.82. The van der Waals surface area contributed by atoms with Gasteiger partial charge in [0.15, 0.2) is 0 Å². The molecule has 0 aliphatic heterocycles. The number of aryl methyl sites for hydroxylation is 1. The van der Waals surface area contributed by atoms with Crippen LogP contribution in [-0.2, 0) is 13.0 Å². The fraction of sp³-hybridized carbons (Fsp3) is 0.579. The molecule has 1 atom stereocenters. The summed E-state index contributed by atoms with van der Waals surface area (Å²) in [5, 5.41) is 5.06. The Morgan fingerprint density at radius 1 is 1.29 bits per heavy atom. The largest absolute Gasteiger partial charge is 0.461 e. The van der Waals surface area contributed by atoms with Gasteiger partial charge < -0.3 is 9.73 Å². The van der Waals surface area contributed by atoms with Gasteiger partial charge in [0, 0.05) is 30.0 Å². The summed E-state index contributed by atoms with van der Waals surface area (Å²) >= 11 is 0. The van der Waals surface area contributed by atoms with E-state index in [0.717, 1.165) is 24.3 Å². The Kier molecular flexibility index (Phi) is 4.08. The summed E-state index contributed by atoms with van der Waals surface area (Å²) in [6.07, 6.45) is 6.25. The zero-order chi connectivity index (χ0) is 14.9. The van der Waals surface area contributed by atoms with E-state index >= 15 is 0 Å². The quantitative estimate of drug-likeness (QED) is 0.850. The van der Waals surface area contributed by atoms with Crippen molar-refractivity contribution in [2.24, 2.45) is 5.41 Å². The lowest BCUT2D eigenvalue weighted by atomic mass is 9.75. The number of rotatable bonds is 4. The van der Waals surface area contributed by atoms with E-state index in [0.29, 0.717) is 11.5 Å². The summed E-state index contributed by atoms with van der Waals surface area (Å²) < 4.78 is 5.99. The molecule has 1 aliphatic rings. The molecule has 1 unspecified atom stereocenters. The van der Waals surface area contributed by atoms with Crippen LogP contribution in [0.3, 0.4) is 0 Å². The Morgan fingerprint density at radius 2 is 2.10 bits per heavy atom. The second-order valence-corrected chi connectivity index (χ2v) is 7.19. The van der Waals surface area contributed by atoms with E-state index in [1.54, 1.807) is 0 Å². The first-order valence-corrected chi connectivity index (χ1v) is 8.32. The SMILES string of the molecule is CCc1oc2ccccc2c1CNC1CCCC(C)(C)C1. The predicted molar refractivity (Wildman–Crippen MR) is 88.5 cm³/mol. The lowest BCUT2D eigenvalue weighted by Crippen LogP contribution is -2.36. The number of para-hydroxylation sites is 1. The Morgan fingerprint density at radius 3 is 2.86 bits per heavy atom. The van der Waals surface area contributed by atoms with Crippen molar-refractivity contribution in [2.45, 2.75) is 65.5 Å². The summed E-state index contributed by atoms with van der Waals surface area (Å²) in [6.45, 7) is 7.89. The first-order valence-electron chi connectivity index (χ1n) is 8.32. The zero-order valence-corrected chi connectivity index (χ0v) is 13.5. The van der Waals surface area contributed by atoms with Crippen LogP contribution in [0.4, 0.5) is 0 Å². The molecule has 1 N–H and O–H groups in total. The van der Waals surface area contributed by atoms with Crippen molar-refractivity contribution in [3.05, 3.63) is 35.6 Å². The lowest BCUT2D eigenvalue weighted by molar-refractivity contribution is 0.197. The molecule has 0 spiro atoms. The maximum Gasteiger partial charge on any atom is 0.134 e. The molecule has 2 aromatic rings. The van der Waals surface area contributed by atoms with Gasteiger partial charge in [-0.2, -0.15) is 0 Å². The number of hydrogen-bond donors (Lipinski definition) is 1. The van der Waals surface area contributed by atoms with E-state index < -0.39 is 0 Å². The summed E-state index contributed by atoms with van der Waals surface area (Å²) in [7, 11) is 0. The molecule has 0 saturated heterocycles. The van der Waals surface area contributed by atoms with Crippen molar-refractivity contribution < 1.29 is 4.42 Å². The highest BCUT2D eigenvalue weighted by Crippen LogP contribution is 2.35. The van der Waals surface area contributed by atoms with Gasteiger partial charge >= 0.3 is 0 Å². The van der Waals surface area contributed by atoms with Crippen molar-refractivity contribution in [3.8, 4) is 0 Å². The van der Waals surface area contributed by atoms with Gasteiger partial charge in [0.1, 0.15) is 11.3 Å². The fourth-order valence-electron chi connectivity index (χ4n) is 3.75. The van der Waals surface area contributed by atoms with Gasteiger partial charge in [-0.05, 0) is 30.7 Å². The van der Waals surface area contributed by atoms with Gasteiger partial charge in [-0.3, -0.25) is 0 Å². The molecule has 0 bridgehead atoms. The van der Waals surface area contributed by atoms with Crippen LogP contribution < -0.4 is 5.32 Å². The van der Waals surface area contributed by atoms with Gasteiger partial charge in [0.25, 0.3) is 0 Å². The van der Waals surface area contributed by atoms with Crippen LogP contribution in [0.25, 0.3) is 11.0 Å². The van der Waals surface area contributed by atoms with E-state index in [2.05, 4.69) is 44.3 Å². The molecule has 21 heavy (non-hydrogen) atoms. The van der Waals surface area contributed by atoms with Gasteiger partial charge in [0.2, 0.25) is 0 Å². The standard InChI is InChI=1S/C19H27NO/c1-4-17-16(15-9-5-6-10-18(15)21-17)13-20-14-8-7-11-19(2,3)12-14/h5-6,9-10,14,20H,4,7-8,11-13H2,1-3H3. The maximum absolute atomic E-state index is 5.99. The molecule has 1 saturated carbocycles. The Balaban J connectivity index is 1.75. The third-order valence-electron chi connectivity index (χ3n) is 4.88. The van der Waals surface area contributed by atoms with E-state index in [1.807, 2.05) is 6.07 Å². The van der Waals surface area contributed by atoms with Crippen LogP contribution in [0, 0.1) is 5.41 Å². The third-order valence-corrected chi connectivity index (χ3v) is 4.88. The second-order valence-electron chi connectivity index (χ2n) is 7.19. The zero-order valence-electron chi connectivity index (χ0n) is 13.5. The molecule has 2 heteroatoms. The Hall–Kier alpha value is -1.28. The fourth-order valence-corrected chi connectivity index (χ4v) is 3.75. The minimum absolute atomic E-state index is 0.488. The number of benzene rings is 1. The smallest absolute Gasteiger partial charge is 0.134 e. The Bertz CT molecular complexity index is 611.